The van der Waals surface area contributed by atoms with Crippen LogP contribution in [0.15, 0.2) is 24.3 Å². The number of hydrogen-bond donors (Lipinski definition) is 2. The van der Waals surface area contributed by atoms with Crippen molar-refractivity contribution in [1.82, 2.24) is 10.2 Å². The number of carboxylic acid groups (broad SMARTS) is 1. The van der Waals surface area contributed by atoms with Crippen molar-refractivity contribution in [3.8, 4) is 0 Å². The summed E-state index contributed by atoms with van der Waals surface area (Å²) in [6, 6.07) is 7.11. The van der Waals surface area contributed by atoms with Crippen LogP contribution in [-0.2, 0) is 9.59 Å². The van der Waals surface area contributed by atoms with Gasteiger partial charge < -0.3 is 10.4 Å². The predicted octanol–water partition coefficient (Wildman–Crippen LogP) is 1.58. The van der Waals surface area contributed by atoms with E-state index in [2.05, 4.69) is 5.32 Å². The first kappa shape index (κ1) is 16.2. The van der Waals surface area contributed by atoms with Crippen LogP contribution in [0.4, 0.5) is 0 Å². The Labute approximate surface area is 119 Å². The molecule has 0 saturated carbocycles. The maximum atomic E-state index is 12.4. The first-order valence-corrected chi connectivity index (χ1v) is 6.43. The molecule has 0 fully saturated rings. The van der Waals surface area contributed by atoms with Gasteiger partial charge in [-0.1, -0.05) is 29.8 Å². The van der Waals surface area contributed by atoms with E-state index in [1.165, 1.54) is 13.8 Å². The minimum atomic E-state index is -1.30. The molecular weight excluding hydrogens is 256 g/mol. The van der Waals surface area contributed by atoms with Crippen LogP contribution in [-0.4, -0.2) is 41.5 Å². The summed E-state index contributed by atoms with van der Waals surface area (Å²) in [4.78, 5) is 25.3. The van der Waals surface area contributed by atoms with Crippen LogP contribution in [0.25, 0.3) is 0 Å². The minimum absolute atomic E-state index is 0.326. The maximum Gasteiger partial charge on any atom is 0.328 e. The van der Waals surface area contributed by atoms with Crippen LogP contribution < -0.4 is 5.32 Å². The molecule has 0 saturated heterocycles. The summed E-state index contributed by atoms with van der Waals surface area (Å²) in [6.45, 7) is 4.89. The smallest absolute Gasteiger partial charge is 0.328 e. The molecular formula is C15H22N2O3. The van der Waals surface area contributed by atoms with E-state index in [1.807, 2.05) is 31.2 Å². The van der Waals surface area contributed by atoms with E-state index in [4.69, 9.17) is 5.11 Å². The Hall–Kier alpha value is -1.88. The molecule has 1 aromatic rings. The van der Waals surface area contributed by atoms with E-state index in [9.17, 15) is 9.59 Å². The summed E-state index contributed by atoms with van der Waals surface area (Å²) in [5.74, 6) is -1.39. The van der Waals surface area contributed by atoms with Crippen LogP contribution in [0.3, 0.4) is 0 Å². The van der Waals surface area contributed by atoms with Gasteiger partial charge in [0.15, 0.2) is 0 Å². The second-order valence-corrected chi connectivity index (χ2v) is 5.70. The number of aliphatic carboxylic acids is 1. The standard InChI is InChI=1S/C15H22N2O3/c1-10-7-6-8-11(9-10)12(17(4)5)13(18)16-15(2,3)14(19)20/h6-9,12H,1-5H3,(H,16,18)(H,19,20). The summed E-state index contributed by atoms with van der Waals surface area (Å²) >= 11 is 0. The number of amides is 1. The van der Waals surface area contributed by atoms with Crippen LogP contribution >= 0.6 is 0 Å². The van der Waals surface area contributed by atoms with Gasteiger partial charge in [-0.2, -0.15) is 0 Å². The fourth-order valence-electron chi connectivity index (χ4n) is 1.95. The molecule has 1 rings (SSSR count). The maximum absolute atomic E-state index is 12.4. The van der Waals surface area contributed by atoms with Crippen LogP contribution in [0, 0.1) is 6.92 Å². The van der Waals surface area contributed by atoms with Crippen molar-refractivity contribution in [1.29, 1.82) is 0 Å². The fraction of sp³-hybridized carbons (Fsp3) is 0.467. The van der Waals surface area contributed by atoms with Gasteiger partial charge in [0.05, 0.1) is 0 Å². The third-order valence-electron chi connectivity index (χ3n) is 3.09. The van der Waals surface area contributed by atoms with E-state index < -0.39 is 17.6 Å². The van der Waals surface area contributed by atoms with E-state index in [1.54, 1.807) is 19.0 Å². The van der Waals surface area contributed by atoms with Crippen molar-refractivity contribution in [2.75, 3.05) is 14.1 Å². The summed E-state index contributed by atoms with van der Waals surface area (Å²) in [5.41, 5.74) is 0.600. The van der Waals surface area contributed by atoms with Gasteiger partial charge in [-0.25, -0.2) is 4.79 Å². The molecule has 1 amide bonds. The van der Waals surface area contributed by atoms with Crippen LogP contribution in [0.2, 0.25) is 0 Å². The Bertz CT molecular complexity index is 510. The van der Waals surface area contributed by atoms with Gasteiger partial charge in [0.2, 0.25) is 5.91 Å². The third kappa shape index (κ3) is 3.81. The van der Waals surface area contributed by atoms with E-state index in [0.29, 0.717) is 0 Å². The molecule has 5 nitrogen and oxygen atoms in total. The van der Waals surface area contributed by atoms with Gasteiger partial charge in [-0.3, -0.25) is 9.69 Å². The van der Waals surface area contributed by atoms with Crippen molar-refractivity contribution in [3.63, 3.8) is 0 Å². The van der Waals surface area contributed by atoms with Gasteiger partial charge in [0, 0.05) is 0 Å². The highest BCUT2D eigenvalue weighted by Gasteiger charge is 2.33. The van der Waals surface area contributed by atoms with Crippen LogP contribution in [0.1, 0.15) is 31.0 Å². The normalized spacial score (nSPS) is 13.1. The molecule has 1 unspecified atom stereocenters. The average molecular weight is 278 g/mol. The quantitative estimate of drug-likeness (QED) is 0.858. The zero-order valence-corrected chi connectivity index (χ0v) is 12.6. The number of benzene rings is 1. The number of carbonyl (C=O) groups is 2. The number of carbonyl (C=O) groups excluding carboxylic acids is 1. The molecule has 0 aliphatic rings. The van der Waals surface area contributed by atoms with Gasteiger partial charge in [0.25, 0.3) is 0 Å². The lowest BCUT2D eigenvalue weighted by Gasteiger charge is -2.28. The molecule has 0 aliphatic carbocycles. The second kappa shape index (κ2) is 6.05. The summed E-state index contributed by atoms with van der Waals surface area (Å²) in [5, 5.41) is 11.7. The predicted molar refractivity (Wildman–Crippen MR) is 77.5 cm³/mol. The lowest BCUT2D eigenvalue weighted by molar-refractivity contribution is -0.146. The van der Waals surface area contributed by atoms with E-state index in [0.717, 1.165) is 11.1 Å². The zero-order valence-electron chi connectivity index (χ0n) is 12.6. The topological polar surface area (TPSA) is 69.6 Å². The highest BCUT2D eigenvalue weighted by molar-refractivity contribution is 5.89. The van der Waals surface area contributed by atoms with Crippen molar-refractivity contribution in [2.45, 2.75) is 32.4 Å². The number of rotatable bonds is 5. The van der Waals surface area contributed by atoms with Gasteiger partial charge in [-0.15, -0.1) is 0 Å². The Morgan fingerprint density at radius 3 is 2.35 bits per heavy atom. The zero-order chi connectivity index (χ0) is 15.5. The van der Waals surface area contributed by atoms with Gasteiger partial charge >= 0.3 is 5.97 Å². The van der Waals surface area contributed by atoms with Gasteiger partial charge in [-0.05, 0) is 40.4 Å². The molecule has 0 spiro atoms. The summed E-state index contributed by atoms with van der Waals surface area (Å²) < 4.78 is 0. The second-order valence-electron chi connectivity index (χ2n) is 5.70. The number of hydrogen-bond acceptors (Lipinski definition) is 3. The molecule has 1 aromatic carbocycles. The Morgan fingerprint density at radius 1 is 1.30 bits per heavy atom. The fourth-order valence-corrected chi connectivity index (χ4v) is 1.95. The minimum Gasteiger partial charge on any atom is -0.480 e. The first-order chi connectivity index (χ1) is 9.15. The molecule has 0 bridgehead atoms. The molecule has 0 aromatic heterocycles. The molecule has 110 valence electrons. The first-order valence-electron chi connectivity index (χ1n) is 6.43. The molecule has 0 aliphatic heterocycles. The number of carboxylic acids is 1. The molecule has 0 heterocycles. The SMILES string of the molecule is Cc1cccc(C(C(=O)NC(C)(C)C(=O)O)N(C)C)c1. The molecule has 5 heteroatoms. The molecule has 1 atom stereocenters. The Morgan fingerprint density at radius 2 is 1.90 bits per heavy atom. The molecule has 20 heavy (non-hydrogen) atoms. The largest absolute Gasteiger partial charge is 0.480 e. The average Bonchev–Trinajstić information content (AvgIpc) is 2.27. The highest BCUT2D eigenvalue weighted by Crippen LogP contribution is 2.20. The Balaban J connectivity index is 3.04. The molecule has 0 radical (unpaired) electrons. The lowest BCUT2D eigenvalue weighted by Crippen LogP contribution is -2.52. The van der Waals surface area contributed by atoms with Crippen molar-refractivity contribution < 1.29 is 14.7 Å². The lowest BCUT2D eigenvalue weighted by atomic mass is 10.00. The number of likely N-dealkylation sites (N-methyl/N-ethyl adjacent to an activating group) is 1. The van der Waals surface area contributed by atoms with E-state index in [-0.39, 0.29) is 5.91 Å². The number of aryl methyl sites for hydroxylation is 1. The number of nitrogens with one attached hydrogen (secondary N) is 1. The van der Waals surface area contributed by atoms with Crippen molar-refractivity contribution in [2.24, 2.45) is 0 Å². The van der Waals surface area contributed by atoms with Crippen molar-refractivity contribution >= 4 is 11.9 Å². The number of nitrogens with zero attached hydrogens (tertiary/aromatic N) is 1. The van der Waals surface area contributed by atoms with E-state index >= 15 is 0 Å². The third-order valence-corrected chi connectivity index (χ3v) is 3.09. The van der Waals surface area contributed by atoms with Crippen molar-refractivity contribution in [3.05, 3.63) is 35.4 Å². The monoisotopic (exact) mass is 278 g/mol. The Kier molecular flexibility index (Phi) is 4.89. The summed E-state index contributed by atoms with van der Waals surface area (Å²) in [6.07, 6.45) is 0. The van der Waals surface area contributed by atoms with Crippen LogP contribution in [0.5, 0.6) is 0 Å². The van der Waals surface area contributed by atoms with Gasteiger partial charge in [0.1, 0.15) is 11.6 Å². The highest BCUT2D eigenvalue weighted by atomic mass is 16.4. The summed E-state index contributed by atoms with van der Waals surface area (Å²) in [7, 11) is 3.58. The molecule has 2 N–H and O–H groups in total.